The van der Waals surface area contributed by atoms with Crippen molar-refractivity contribution in [2.45, 2.75) is 0 Å². The number of carbonyl (C=O) groups is 1. The van der Waals surface area contributed by atoms with Crippen LogP contribution in [0, 0.1) is 22.7 Å². The van der Waals surface area contributed by atoms with Gasteiger partial charge in [0.2, 0.25) is 0 Å². The SMILES string of the molecule is CN(C)c1ccc(N)cc1C(=O)N(CC#N)CC#N. The first kappa shape index (κ1) is 14.3. The molecule has 2 N–H and O–H groups in total. The van der Waals surface area contributed by atoms with Crippen LogP contribution in [-0.4, -0.2) is 38.0 Å². The minimum atomic E-state index is -0.376. The van der Waals surface area contributed by atoms with Gasteiger partial charge in [-0.1, -0.05) is 0 Å². The Kier molecular flexibility index (Phi) is 4.73. The van der Waals surface area contributed by atoms with Crippen LogP contribution in [0.1, 0.15) is 10.4 Å². The normalized spacial score (nSPS) is 9.26. The highest BCUT2D eigenvalue weighted by molar-refractivity contribution is 6.00. The van der Waals surface area contributed by atoms with E-state index in [1.165, 1.54) is 4.90 Å². The van der Waals surface area contributed by atoms with E-state index in [2.05, 4.69) is 0 Å². The van der Waals surface area contributed by atoms with E-state index in [-0.39, 0.29) is 19.0 Å². The van der Waals surface area contributed by atoms with Crippen LogP contribution in [0.5, 0.6) is 0 Å². The van der Waals surface area contributed by atoms with Gasteiger partial charge >= 0.3 is 0 Å². The largest absolute Gasteiger partial charge is 0.399 e. The van der Waals surface area contributed by atoms with Gasteiger partial charge in [0.25, 0.3) is 5.91 Å². The Bertz CT molecular complexity index is 537. The van der Waals surface area contributed by atoms with Crippen LogP contribution in [0.3, 0.4) is 0 Å². The van der Waals surface area contributed by atoms with Crippen LogP contribution in [-0.2, 0) is 0 Å². The van der Waals surface area contributed by atoms with Crippen molar-refractivity contribution >= 4 is 17.3 Å². The van der Waals surface area contributed by atoms with Crippen molar-refractivity contribution < 1.29 is 4.79 Å². The van der Waals surface area contributed by atoms with Gasteiger partial charge in [-0.05, 0) is 18.2 Å². The molecule has 1 amide bonds. The number of nitrogens with two attached hydrogens (primary N) is 1. The molecule has 0 radical (unpaired) electrons. The Morgan fingerprint density at radius 3 is 2.32 bits per heavy atom. The predicted molar refractivity (Wildman–Crippen MR) is 72.3 cm³/mol. The first-order valence-corrected chi connectivity index (χ1v) is 5.61. The molecule has 0 aliphatic heterocycles. The minimum Gasteiger partial charge on any atom is -0.399 e. The summed E-state index contributed by atoms with van der Waals surface area (Å²) in [6.07, 6.45) is 0. The van der Waals surface area contributed by atoms with Gasteiger partial charge in [0.1, 0.15) is 13.1 Å². The molecule has 1 rings (SSSR count). The molecule has 0 aromatic heterocycles. The lowest BCUT2D eigenvalue weighted by Gasteiger charge is -2.21. The fourth-order valence-corrected chi connectivity index (χ4v) is 1.66. The molecule has 98 valence electrons. The number of nitriles is 2. The zero-order valence-electron chi connectivity index (χ0n) is 10.9. The molecule has 0 aliphatic carbocycles. The summed E-state index contributed by atoms with van der Waals surface area (Å²) in [5, 5.41) is 17.4. The van der Waals surface area contributed by atoms with Gasteiger partial charge in [-0.15, -0.1) is 0 Å². The van der Waals surface area contributed by atoms with Crippen molar-refractivity contribution in [2.24, 2.45) is 0 Å². The molecular formula is C13H15N5O. The topological polar surface area (TPSA) is 97.2 Å². The zero-order valence-corrected chi connectivity index (χ0v) is 10.9. The Morgan fingerprint density at radius 2 is 1.84 bits per heavy atom. The quantitative estimate of drug-likeness (QED) is 0.636. The van der Waals surface area contributed by atoms with Gasteiger partial charge < -0.3 is 15.5 Å². The molecule has 19 heavy (non-hydrogen) atoms. The van der Waals surface area contributed by atoms with Crippen LogP contribution in [0.2, 0.25) is 0 Å². The molecular weight excluding hydrogens is 242 g/mol. The van der Waals surface area contributed by atoms with Gasteiger partial charge in [0.15, 0.2) is 0 Å². The second-order valence-electron chi connectivity index (χ2n) is 4.15. The highest BCUT2D eigenvalue weighted by Gasteiger charge is 2.19. The molecule has 0 bridgehead atoms. The number of carbonyl (C=O) groups excluding carboxylic acids is 1. The zero-order chi connectivity index (χ0) is 14.4. The molecule has 1 aromatic rings. The average molecular weight is 257 g/mol. The van der Waals surface area contributed by atoms with E-state index in [9.17, 15) is 4.79 Å². The highest BCUT2D eigenvalue weighted by atomic mass is 16.2. The lowest BCUT2D eigenvalue weighted by molar-refractivity contribution is 0.0795. The third-order valence-corrected chi connectivity index (χ3v) is 2.54. The van der Waals surface area contributed by atoms with E-state index in [0.29, 0.717) is 16.9 Å². The standard InChI is InChI=1S/C13H15N5O/c1-17(2)12-4-3-10(16)9-11(12)13(19)18(7-5-14)8-6-15/h3-4,9H,7-8,16H2,1-2H3. The van der Waals surface area contributed by atoms with Gasteiger partial charge in [-0.3, -0.25) is 4.79 Å². The molecule has 0 fully saturated rings. The molecule has 0 atom stereocenters. The Balaban J connectivity index is 3.20. The van der Waals surface area contributed by atoms with Crippen molar-refractivity contribution in [1.82, 2.24) is 4.90 Å². The minimum absolute atomic E-state index is 0.131. The summed E-state index contributed by atoms with van der Waals surface area (Å²) in [6, 6.07) is 8.74. The van der Waals surface area contributed by atoms with Gasteiger partial charge in [-0.25, -0.2) is 0 Å². The van der Waals surface area contributed by atoms with Crippen molar-refractivity contribution in [2.75, 3.05) is 37.8 Å². The second kappa shape index (κ2) is 6.27. The summed E-state index contributed by atoms with van der Waals surface area (Å²) in [4.78, 5) is 15.3. The molecule has 6 nitrogen and oxygen atoms in total. The Hall–Kier alpha value is -2.73. The third-order valence-electron chi connectivity index (χ3n) is 2.54. The van der Waals surface area contributed by atoms with Crippen molar-refractivity contribution in [3.63, 3.8) is 0 Å². The van der Waals surface area contributed by atoms with Crippen molar-refractivity contribution in [1.29, 1.82) is 10.5 Å². The number of nitrogen functional groups attached to an aromatic ring is 1. The number of rotatable bonds is 4. The molecule has 6 heteroatoms. The van der Waals surface area contributed by atoms with E-state index in [0.717, 1.165) is 0 Å². The molecule has 0 spiro atoms. The van der Waals surface area contributed by atoms with Gasteiger partial charge in [0.05, 0.1) is 17.7 Å². The molecule has 0 aliphatic rings. The van der Waals surface area contributed by atoms with Crippen LogP contribution in [0.4, 0.5) is 11.4 Å². The number of nitrogens with zero attached hydrogens (tertiary/aromatic N) is 4. The maximum atomic E-state index is 12.3. The molecule has 0 heterocycles. The summed E-state index contributed by atoms with van der Waals surface area (Å²) in [7, 11) is 3.61. The van der Waals surface area contributed by atoms with E-state index < -0.39 is 0 Å². The summed E-state index contributed by atoms with van der Waals surface area (Å²) >= 11 is 0. The fraction of sp³-hybridized carbons (Fsp3) is 0.308. The van der Waals surface area contributed by atoms with Crippen LogP contribution in [0.25, 0.3) is 0 Å². The number of benzene rings is 1. The first-order valence-electron chi connectivity index (χ1n) is 5.61. The average Bonchev–Trinajstić information content (AvgIpc) is 2.37. The molecule has 0 unspecified atom stereocenters. The maximum Gasteiger partial charge on any atom is 0.257 e. The monoisotopic (exact) mass is 257 g/mol. The predicted octanol–water partition coefficient (Wildman–Crippen LogP) is 0.824. The highest BCUT2D eigenvalue weighted by Crippen LogP contribution is 2.22. The molecule has 1 aromatic carbocycles. The number of amides is 1. The van der Waals surface area contributed by atoms with Crippen LogP contribution < -0.4 is 10.6 Å². The lowest BCUT2D eigenvalue weighted by Crippen LogP contribution is -2.33. The van der Waals surface area contributed by atoms with E-state index in [1.54, 1.807) is 37.2 Å². The Morgan fingerprint density at radius 1 is 1.26 bits per heavy atom. The third kappa shape index (κ3) is 3.36. The smallest absolute Gasteiger partial charge is 0.257 e. The summed E-state index contributed by atoms with van der Waals surface area (Å²) in [5.41, 5.74) is 7.23. The van der Waals surface area contributed by atoms with Crippen LogP contribution in [0.15, 0.2) is 18.2 Å². The van der Waals surface area contributed by atoms with Crippen LogP contribution >= 0.6 is 0 Å². The van der Waals surface area contributed by atoms with E-state index in [1.807, 2.05) is 12.1 Å². The maximum absolute atomic E-state index is 12.3. The fourth-order valence-electron chi connectivity index (χ4n) is 1.66. The van der Waals surface area contributed by atoms with Crippen molar-refractivity contribution in [3.8, 4) is 12.1 Å². The van der Waals surface area contributed by atoms with Gasteiger partial charge in [0, 0.05) is 25.5 Å². The molecule has 0 saturated carbocycles. The number of hydrogen-bond donors (Lipinski definition) is 1. The second-order valence-corrected chi connectivity index (χ2v) is 4.15. The number of hydrogen-bond acceptors (Lipinski definition) is 5. The van der Waals surface area contributed by atoms with E-state index >= 15 is 0 Å². The first-order chi connectivity index (χ1) is 9.01. The van der Waals surface area contributed by atoms with Gasteiger partial charge in [-0.2, -0.15) is 10.5 Å². The van der Waals surface area contributed by atoms with E-state index in [4.69, 9.17) is 16.3 Å². The summed E-state index contributed by atoms with van der Waals surface area (Å²) in [5.74, 6) is -0.376. The molecule has 0 saturated heterocycles. The van der Waals surface area contributed by atoms with Crippen molar-refractivity contribution in [3.05, 3.63) is 23.8 Å². The lowest BCUT2D eigenvalue weighted by atomic mass is 10.1. The summed E-state index contributed by atoms with van der Waals surface area (Å²) < 4.78 is 0. The summed E-state index contributed by atoms with van der Waals surface area (Å²) in [6.45, 7) is -0.262. The number of anilines is 2. The Labute approximate surface area is 112 Å².